The Hall–Kier alpha value is -3.27. The smallest absolute Gasteiger partial charge is 0.361 e. The second kappa shape index (κ2) is 36.7. The van der Waals surface area contributed by atoms with Crippen molar-refractivity contribution in [3.05, 3.63) is 72.9 Å². The van der Waals surface area contributed by atoms with Crippen molar-refractivity contribution in [2.24, 2.45) is 0 Å². The van der Waals surface area contributed by atoms with Crippen molar-refractivity contribution in [3.63, 3.8) is 0 Å². The first-order chi connectivity index (χ1) is 26.1. The van der Waals surface area contributed by atoms with E-state index in [4.69, 9.17) is 18.9 Å². The van der Waals surface area contributed by atoms with Gasteiger partial charge in [0.1, 0.15) is 13.2 Å². The molecule has 9 nitrogen and oxygen atoms in total. The van der Waals surface area contributed by atoms with E-state index in [0.29, 0.717) is 17.4 Å². The number of esters is 2. The van der Waals surface area contributed by atoms with Crippen LogP contribution in [0.15, 0.2) is 72.9 Å². The van der Waals surface area contributed by atoms with Gasteiger partial charge in [-0.05, 0) is 77.0 Å². The molecule has 0 saturated carbocycles. The van der Waals surface area contributed by atoms with E-state index in [1.807, 2.05) is 21.1 Å². The van der Waals surface area contributed by atoms with Gasteiger partial charge < -0.3 is 28.5 Å². The van der Waals surface area contributed by atoms with Gasteiger partial charge in [0, 0.05) is 12.8 Å². The van der Waals surface area contributed by atoms with Crippen LogP contribution >= 0.6 is 0 Å². The minimum absolute atomic E-state index is 0.176. The Labute approximate surface area is 328 Å². The second-order valence-electron chi connectivity index (χ2n) is 14.6. The van der Waals surface area contributed by atoms with Crippen LogP contribution in [0.5, 0.6) is 0 Å². The van der Waals surface area contributed by atoms with Crippen LogP contribution < -0.4 is 0 Å². The van der Waals surface area contributed by atoms with Gasteiger partial charge in [-0.1, -0.05) is 119 Å². The first-order valence-electron chi connectivity index (χ1n) is 20.6. The normalized spacial score (nSPS) is 13.7. The molecule has 1 N–H and O–H groups in total. The van der Waals surface area contributed by atoms with Crippen LogP contribution in [-0.2, 0) is 33.3 Å². The fourth-order valence-corrected chi connectivity index (χ4v) is 4.98. The fourth-order valence-electron chi connectivity index (χ4n) is 4.98. The number of rotatable bonds is 36. The molecule has 0 radical (unpaired) electrons. The number of aliphatic carboxylic acids is 1. The molecule has 54 heavy (non-hydrogen) atoms. The Balaban J connectivity index is 4.56. The van der Waals surface area contributed by atoms with E-state index < -0.39 is 24.3 Å². The molecule has 0 aliphatic heterocycles. The lowest BCUT2D eigenvalue weighted by Crippen LogP contribution is -2.40. The third kappa shape index (κ3) is 37.1. The molecule has 0 aromatic rings. The van der Waals surface area contributed by atoms with Crippen molar-refractivity contribution in [2.45, 2.75) is 148 Å². The SMILES string of the molecule is CC/C=C\C/C=C\C/C=C\C/C=C\C/C=C\CCCCCC(=O)OC(COC(=O)CCCCCCC/C=C\CCC)COC(OCC[N+](C)(C)C)C(=O)O. The Kier molecular flexibility index (Phi) is 34.5. The average molecular weight is 759 g/mol. The number of carboxylic acid groups (broad SMARTS) is 1. The molecule has 0 rings (SSSR count). The van der Waals surface area contributed by atoms with E-state index in [9.17, 15) is 19.5 Å². The van der Waals surface area contributed by atoms with E-state index >= 15 is 0 Å². The highest BCUT2D eigenvalue weighted by Gasteiger charge is 2.25. The first-order valence-corrected chi connectivity index (χ1v) is 20.6. The highest BCUT2D eigenvalue weighted by molar-refractivity contribution is 5.71. The first kappa shape index (κ1) is 50.7. The molecular weight excluding hydrogens is 682 g/mol. The molecular formula is C45H76NO8+. The van der Waals surface area contributed by atoms with Crippen molar-refractivity contribution < 1.29 is 42.9 Å². The summed E-state index contributed by atoms with van der Waals surface area (Å²) < 4.78 is 22.6. The van der Waals surface area contributed by atoms with Crippen LogP contribution in [0.3, 0.4) is 0 Å². The van der Waals surface area contributed by atoms with Crippen LogP contribution in [0.1, 0.15) is 136 Å². The van der Waals surface area contributed by atoms with Gasteiger partial charge >= 0.3 is 17.9 Å². The molecule has 0 aliphatic carbocycles. The summed E-state index contributed by atoms with van der Waals surface area (Å²) in [6.45, 7) is 4.60. The van der Waals surface area contributed by atoms with Gasteiger partial charge in [0.15, 0.2) is 6.10 Å². The average Bonchev–Trinajstić information content (AvgIpc) is 3.12. The molecule has 308 valence electrons. The van der Waals surface area contributed by atoms with E-state index in [1.54, 1.807) is 0 Å². The Morgan fingerprint density at radius 2 is 1.06 bits per heavy atom. The van der Waals surface area contributed by atoms with Gasteiger partial charge in [0.2, 0.25) is 0 Å². The van der Waals surface area contributed by atoms with Crippen molar-refractivity contribution in [3.8, 4) is 0 Å². The summed E-state index contributed by atoms with van der Waals surface area (Å²) in [5.41, 5.74) is 0. The Bertz CT molecular complexity index is 1120. The number of hydrogen-bond donors (Lipinski definition) is 1. The van der Waals surface area contributed by atoms with Crippen LogP contribution in [-0.4, -0.2) is 87.4 Å². The summed E-state index contributed by atoms with van der Waals surface area (Å²) >= 11 is 0. The monoisotopic (exact) mass is 759 g/mol. The maximum absolute atomic E-state index is 12.7. The molecule has 0 aromatic heterocycles. The van der Waals surface area contributed by atoms with E-state index in [-0.39, 0.29) is 38.6 Å². The minimum atomic E-state index is -1.52. The number of hydrogen-bond acceptors (Lipinski definition) is 7. The number of carboxylic acids is 1. The quantitative estimate of drug-likeness (QED) is 0.0221. The van der Waals surface area contributed by atoms with Crippen molar-refractivity contribution in [1.82, 2.24) is 0 Å². The van der Waals surface area contributed by atoms with Crippen molar-refractivity contribution in [2.75, 3.05) is 47.5 Å². The largest absolute Gasteiger partial charge is 0.477 e. The maximum atomic E-state index is 12.7. The molecule has 0 heterocycles. The third-order valence-corrected chi connectivity index (χ3v) is 8.18. The number of likely N-dealkylation sites (N-methyl/N-ethyl adjacent to an activating group) is 1. The van der Waals surface area contributed by atoms with E-state index in [0.717, 1.165) is 96.3 Å². The molecule has 2 atom stereocenters. The molecule has 0 amide bonds. The lowest BCUT2D eigenvalue weighted by Gasteiger charge is -2.25. The number of nitrogens with zero attached hydrogens (tertiary/aromatic N) is 1. The van der Waals surface area contributed by atoms with Crippen LogP contribution in [0, 0.1) is 0 Å². The third-order valence-electron chi connectivity index (χ3n) is 8.18. The van der Waals surface area contributed by atoms with Gasteiger partial charge in [0.25, 0.3) is 6.29 Å². The van der Waals surface area contributed by atoms with Crippen LogP contribution in [0.2, 0.25) is 0 Å². The number of ether oxygens (including phenoxy) is 4. The van der Waals surface area contributed by atoms with Gasteiger partial charge in [0.05, 0.1) is 34.4 Å². The summed E-state index contributed by atoms with van der Waals surface area (Å²) in [6.07, 6.45) is 41.1. The number of quaternary nitrogens is 1. The van der Waals surface area contributed by atoms with Crippen molar-refractivity contribution >= 4 is 17.9 Å². The number of unbranched alkanes of at least 4 members (excludes halogenated alkanes) is 9. The zero-order valence-electron chi connectivity index (χ0n) is 34.6. The summed E-state index contributed by atoms with van der Waals surface area (Å²) in [5, 5.41) is 9.60. The second-order valence-corrected chi connectivity index (χ2v) is 14.6. The molecule has 0 aliphatic rings. The predicted octanol–water partition coefficient (Wildman–Crippen LogP) is 10.4. The summed E-state index contributed by atoms with van der Waals surface area (Å²) in [4.78, 5) is 36.9. The van der Waals surface area contributed by atoms with Crippen LogP contribution in [0.4, 0.5) is 0 Å². The van der Waals surface area contributed by atoms with E-state index in [1.165, 1.54) is 6.42 Å². The lowest BCUT2D eigenvalue weighted by molar-refractivity contribution is -0.870. The fraction of sp³-hybridized carbons (Fsp3) is 0.667. The Morgan fingerprint density at radius 1 is 0.574 bits per heavy atom. The number of allylic oxidation sites excluding steroid dienone is 12. The van der Waals surface area contributed by atoms with Gasteiger partial charge in [-0.3, -0.25) is 9.59 Å². The molecule has 0 aromatic carbocycles. The zero-order chi connectivity index (χ0) is 40.0. The number of carbonyl (C=O) groups excluding carboxylic acids is 2. The van der Waals surface area contributed by atoms with Gasteiger partial charge in [-0.2, -0.15) is 0 Å². The standard InChI is InChI=1S/C45H75NO8/c1-6-8-10-12-14-16-18-19-20-21-22-23-24-25-26-28-30-32-34-36-43(48)54-41(40-53-45(44(49)50)51-38-37-46(3,4)5)39-52-42(47)35-33-31-29-27-17-15-13-11-9-7-2/h8,10-11,13-14,16,19-20,22-23,25-26,41,45H,6-7,9,12,15,17-18,21,24,27-40H2,1-5H3/p+1/b10-8-,13-11-,16-14-,20-19-,23-22-,26-25-. The topological polar surface area (TPSA) is 108 Å². The Morgan fingerprint density at radius 3 is 1.61 bits per heavy atom. The molecule has 9 heteroatoms. The summed E-state index contributed by atoms with van der Waals surface area (Å²) in [7, 11) is 5.92. The molecule has 2 unspecified atom stereocenters. The predicted molar refractivity (Wildman–Crippen MR) is 221 cm³/mol. The number of carbonyl (C=O) groups is 3. The molecule has 0 bridgehead atoms. The van der Waals surface area contributed by atoms with E-state index in [2.05, 4.69) is 86.8 Å². The summed E-state index contributed by atoms with van der Waals surface area (Å²) in [6, 6.07) is 0. The van der Waals surface area contributed by atoms with Gasteiger partial charge in [-0.15, -0.1) is 0 Å². The van der Waals surface area contributed by atoms with Crippen molar-refractivity contribution in [1.29, 1.82) is 0 Å². The van der Waals surface area contributed by atoms with Crippen LogP contribution in [0.25, 0.3) is 0 Å². The molecule has 0 fully saturated rings. The minimum Gasteiger partial charge on any atom is -0.477 e. The highest BCUT2D eigenvalue weighted by Crippen LogP contribution is 2.11. The maximum Gasteiger partial charge on any atom is 0.361 e. The van der Waals surface area contributed by atoms with Gasteiger partial charge in [-0.25, -0.2) is 4.79 Å². The molecule has 0 spiro atoms. The summed E-state index contributed by atoms with van der Waals surface area (Å²) in [5.74, 6) is -2.08. The highest BCUT2D eigenvalue weighted by atomic mass is 16.7. The molecule has 0 saturated heterocycles. The lowest BCUT2D eigenvalue weighted by atomic mass is 10.1. The zero-order valence-corrected chi connectivity index (χ0v) is 34.6.